The van der Waals surface area contributed by atoms with E-state index in [1.807, 2.05) is 0 Å². The second-order valence-corrected chi connectivity index (χ2v) is 5.06. The van der Waals surface area contributed by atoms with Gasteiger partial charge in [0.05, 0.1) is 11.7 Å². The number of nitrogens with one attached hydrogen (secondary N) is 1. The zero-order chi connectivity index (χ0) is 14.6. The van der Waals surface area contributed by atoms with Crippen LogP contribution in [0, 0.1) is 11.6 Å². The highest BCUT2D eigenvalue weighted by molar-refractivity contribution is 5.74. The van der Waals surface area contributed by atoms with Crippen LogP contribution in [0.1, 0.15) is 31.9 Å². The number of nitrogens with two attached hydrogens (primary N) is 1. The first-order chi connectivity index (χ1) is 8.73. The van der Waals surface area contributed by atoms with Crippen molar-refractivity contribution >= 4 is 5.91 Å². The largest absolute Gasteiger partial charge is 0.387 e. The van der Waals surface area contributed by atoms with Crippen molar-refractivity contribution < 1.29 is 18.7 Å². The molecule has 0 saturated carbocycles. The molecule has 106 valence electrons. The predicted octanol–water partition coefficient (Wildman–Crippen LogP) is 1.24. The van der Waals surface area contributed by atoms with E-state index >= 15 is 0 Å². The lowest BCUT2D eigenvalue weighted by Crippen LogP contribution is -2.44. The summed E-state index contributed by atoms with van der Waals surface area (Å²) in [7, 11) is 0. The number of amides is 1. The third kappa shape index (κ3) is 4.57. The summed E-state index contributed by atoms with van der Waals surface area (Å²) in [6.45, 7) is 3.34. The molecule has 6 heteroatoms. The van der Waals surface area contributed by atoms with Crippen LogP contribution in [-0.4, -0.2) is 23.1 Å². The first-order valence-electron chi connectivity index (χ1n) is 5.88. The van der Waals surface area contributed by atoms with Gasteiger partial charge in [-0.2, -0.15) is 0 Å². The van der Waals surface area contributed by atoms with Crippen molar-refractivity contribution in [2.24, 2.45) is 5.73 Å². The van der Waals surface area contributed by atoms with E-state index in [1.54, 1.807) is 13.8 Å². The molecule has 1 atom stereocenters. The van der Waals surface area contributed by atoms with Gasteiger partial charge in [0.2, 0.25) is 5.91 Å². The van der Waals surface area contributed by atoms with Gasteiger partial charge in [0.25, 0.3) is 0 Å². The Labute approximate surface area is 110 Å². The fourth-order valence-corrected chi connectivity index (χ4v) is 1.80. The molecule has 0 heterocycles. The molecule has 1 amide bonds. The van der Waals surface area contributed by atoms with Crippen molar-refractivity contribution in [3.8, 4) is 0 Å². The molecule has 0 aromatic heterocycles. The molecule has 1 aromatic rings. The smallest absolute Gasteiger partial charge is 0.219 e. The van der Waals surface area contributed by atoms with Gasteiger partial charge < -0.3 is 16.2 Å². The molecule has 0 bridgehead atoms. The number of primary amides is 1. The number of carbonyl (C=O) groups is 1. The molecule has 0 saturated heterocycles. The van der Waals surface area contributed by atoms with E-state index < -0.39 is 29.2 Å². The number of halogens is 2. The molecular formula is C13H18F2N2O2. The van der Waals surface area contributed by atoms with Gasteiger partial charge in [0.1, 0.15) is 11.6 Å². The molecule has 1 rings (SSSR count). The summed E-state index contributed by atoms with van der Waals surface area (Å²) in [5.74, 6) is -2.10. The Kier molecular flexibility index (Phi) is 4.97. The third-order valence-electron chi connectivity index (χ3n) is 2.72. The highest BCUT2D eigenvalue weighted by atomic mass is 19.1. The average molecular weight is 272 g/mol. The molecule has 0 aliphatic heterocycles. The van der Waals surface area contributed by atoms with Crippen LogP contribution in [-0.2, 0) is 4.79 Å². The summed E-state index contributed by atoms with van der Waals surface area (Å²) in [5, 5.41) is 12.7. The number of carbonyl (C=O) groups excluding carboxylic acids is 1. The Morgan fingerprint density at radius 3 is 2.42 bits per heavy atom. The van der Waals surface area contributed by atoms with Gasteiger partial charge in [-0.05, 0) is 26.0 Å². The van der Waals surface area contributed by atoms with Gasteiger partial charge >= 0.3 is 0 Å². The summed E-state index contributed by atoms with van der Waals surface area (Å²) < 4.78 is 26.9. The minimum absolute atomic E-state index is 0.0550. The van der Waals surface area contributed by atoms with E-state index in [4.69, 9.17) is 5.73 Å². The Hall–Kier alpha value is -1.53. The van der Waals surface area contributed by atoms with E-state index in [0.717, 1.165) is 12.1 Å². The first-order valence-corrected chi connectivity index (χ1v) is 5.88. The molecule has 0 spiro atoms. The zero-order valence-corrected chi connectivity index (χ0v) is 10.9. The van der Waals surface area contributed by atoms with Crippen LogP contribution < -0.4 is 11.1 Å². The molecule has 19 heavy (non-hydrogen) atoms. The van der Waals surface area contributed by atoms with Crippen molar-refractivity contribution in [3.05, 3.63) is 35.4 Å². The molecular weight excluding hydrogens is 254 g/mol. The molecule has 1 aromatic carbocycles. The number of β-amino-alcohol motifs (C(OH)–C–C–N with tert-alkyl or cyclic N) is 1. The Balaban J connectivity index is 2.70. The zero-order valence-electron chi connectivity index (χ0n) is 10.9. The minimum atomic E-state index is -1.34. The highest BCUT2D eigenvalue weighted by Crippen LogP contribution is 2.21. The fourth-order valence-electron chi connectivity index (χ4n) is 1.80. The van der Waals surface area contributed by atoms with Gasteiger partial charge in [-0.25, -0.2) is 8.78 Å². The molecule has 0 aliphatic rings. The van der Waals surface area contributed by atoms with E-state index in [-0.39, 0.29) is 18.5 Å². The maximum Gasteiger partial charge on any atom is 0.219 e. The monoisotopic (exact) mass is 272 g/mol. The van der Waals surface area contributed by atoms with Crippen molar-refractivity contribution in [2.75, 3.05) is 6.54 Å². The molecule has 0 aliphatic carbocycles. The van der Waals surface area contributed by atoms with Gasteiger partial charge in [-0.1, -0.05) is 6.07 Å². The number of hydrogen-bond acceptors (Lipinski definition) is 3. The number of rotatable bonds is 6. The first kappa shape index (κ1) is 15.5. The molecule has 4 N–H and O–H groups in total. The maximum atomic E-state index is 13.4. The number of benzene rings is 1. The SMILES string of the molecule is CC(C)(CC(N)=O)NCC(O)c1c(F)cccc1F. The summed E-state index contributed by atoms with van der Waals surface area (Å²) in [4.78, 5) is 10.8. The van der Waals surface area contributed by atoms with E-state index in [0.29, 0.717) is 0 Å². The molecule has 0 radical (unpaired) electrons. The third-order valence-corrected chi connectivity index (χ3v) is 2.72. The quantitative estimate of drug-likeness (QED) is 0.729. The second-order valence-electron chi connectivity index (χ2n) is 5.06. The molecule has 0 fully saturated rings. The van der Waals surface area contributed by atoms with Crippen LogP contribution in [0.5, 0.6) is 0 Å². The topological polar surface area (TPSA) is 75.4 Å². The number of aliphatic hydroxyl groups is 1. The normalized spacial score (nSPS) is 13.3. The predicted molar refractivity (Wildman–Crippen MR) is 67.2 cm³/mol. The Bertz CT molecular complexity index is 444. The fraction of sp³-hybridized carbons (Fsp3) is 0.462. The molecule has 4 nitrogen and oxygen atoms in total. The Morgan fingerprint density at radius 2 is 1.95 bits per heavy atom. The van der Waals surface area contributed by atoms with Crippen molar-refractivity contribution in [3.63, 3.8) is 0 Å². The van der Waals surface area contributed by atoms with Gasteiger partial charge in [0.15, 0.2) is 0 Å². The van der Waals surface area contributed by atoms with Crippen molar-refractivity contribution in [1.29, 1.82) is 0 Å². The van der Waals surface area contributed by atoms with Crippen LogP contribution in [0.4, 0.5) is 8.78 Å². The maximum absolute atomic E-state index is 13.4. The lowest BCUT2D eigenvalue weighted by atomic mass is 9.99. The average Bonchev–Trinajstić information content (AvgIpc) is 2.24. The van der Waals surface area contributed by atoms with Gasteiger partial charge in [0, 0.05) is 18.5 Å². The van der Waals surface area contributed by atoms with Crippen LogP contribution in [0.2, 0.25) is 0 Å². The lowest BCUT2D eigenvalue weighted by molar-refractivity contribution is -0.119. The summed E-state index contributed by atoms with van der Waals surface area (Å²) >= 11 is 0. The number of aliphatic hydroxyl groups excluding tert-OH is 1. The summed E-state index contributed by atoms with van der Waals surface area (Å²) in [5.41, 5.74) is 4.04. The van der Waals surface area contributed by atoms with Crippen LogP contribution in [0.3, 0.4) is 0 Å². The number of hydrogen-bond donors (Lipinski definition) is 3. The summed E-state index contributed by atoms with van der Waals surface area (Å²) in [6, 6.07) is 3.39. The van der Waals surface area contributed by atoms with Crippen LogP contribution in [0.25, 0.3) is 0 Å². The van der Waals surface area contributed by atoms with Crippen LogP contribution in [0.15, 0.2) is 18.2 Å². The minimum Gasteiger partial charge on any atom is -0.387 e. The van der Waals surface area contributed by atoms with E-state index in [1.165, 1.54) is 6.07 Å². The molecule has 1 unspecified atom stereocenters. The Morgan fingerprint density at radius 1 is 1.42 bits per heavy atom. The highest BCUT2D eigenvalue weighted by Gasteiger charge is 2.23. The van der Waals surface area contributed by atoms with Gasteiger partial charge in [-0.3, -0.25) is 4.79 Å². The van der Waals surface area contributed by atoms with E-state index in [2.05, 4.69) is 5.32 Å². The standard InChI is InChI=1S/C13H18F2N2O2/c1-13(2,6-11(16)19)17-7-10(18)12-8(14)4-3-5-9(12)15/h3-5,10,17-18H,6-7H2,1-2H3,(H2,16,19). The van der Waals surface area contributed by atoms with Crippen molar-refractivity contribution in [2.45, 2.75) is 31.9 Å². The second kappa shape index (κ2) is 6.08. The van der Waals surface area contributed by atoms with Crippen molar-refractivity contribution in [1.82, 2.24) is 5.32 Å². The van der Waals surface area contributed by atoms with E-state index in [9.17, 15) is 18.7 Å². The summed E-state index contributed by atoms with van der Waals surface area (Å²) in [6.07, 6.45) is -1.28. The van der Waals surface area contributed by atoms with Gasteiger partial charge in [-0.15, -0.1) is 0 Å². The lowest BCUT2D eigenvalue weighted by Gasteiger charge is -2.26. The van der Waals surface area contributed by atoms with Crippen LogP contribution >= 0.6 is 0 Å².